The molecule has 6 nitrogen and oxygen atoms in total. The lowest BCUT2D eigenvalue weighted by molar-refractivity contribution is -0.133. The molecule has 1 aliphatic heterocycles. The van der Waals surface area contributed by atoms with Gasteiger partial charge in [0.1, 0.15) is 10.3 Å². The lowest BCUT2D eigenvalue weighted by atomic mass is 10.0. The Balaban J connectivity index is 1.50. The molecule has 2 heterocycles. The minimum atomic E-state index is -3.77. The van der Waals surface area contributed by atoms with Gasteiger partial charge in [0, 0.05) is 31.9 Å². The minimum absolute atomic E-state index is 0.181. The van der Waals surface area contributed by atoms with Crippen LogP contribution in [0.2, 0.25) is 0 Å². The Bertz CT molecular complexity index is 1190. The molecule has 0 saturated carbocycles. The van der Waals surface area contributed by atoms with E-state index in [-0.39, 0.29) is 10.1 Å². The molecule has 1 aromatic heterocycles. The van der Waals surface area contributed by atoms with E-state index >= 15 is 0 Å². The van der Waals surface area contributed by atoms with Crippen molar-refractivity contribution in [2.75, 3.05) is 31.1 Å². The average Bonchev–Trinajstić information content (AvgIpc) is 3.37. The van der Waals surface area contributed by atoms with Crippen LogP contribution in [0.4, 0.5) is 5.69 Å². The standard InChI is InChI=1S/C25H29N3O3S2/c1-19-8-6-11-23(20(19)2)27-13-15-28(16-14-27)25(29)22(18-21-9-4-3-5-10-21)26-33(30,31)24-12-7-17-32-24/h3-12,17,22,26H,13-16,18H2,1-2H3/t22-/m0/s1. The van der Waals surface area contributed by atoms with Crippen molar-refractivity contribution in [3.05, 3.63) is 82.7 Å². The van der Waals surface area contributed by atoms with Crippen molar-refractivity contribution in [3.63, 3.8) is 0 Å². The molecule has 0 unspecified atom stereocenters. The summed E-state index contributed by atoms with van der Waals surface area (Å²) in [4.78, 5) is 17.6. The maximum absolute atomic E-state index is 13.5. The van der Waals surface area contributed by atoms with Gasteiger partial charge >= 0.3 is 0 Å². The van der Waals surface area contributed by atoms with Gasteiger partial charge in [0.25, 0.3) is 10.0 Å². The summed E-state index contributed by atoms with van der Waals surface area (Å²) in [5.41, 5.74) is 4.61. The third-order valence-corrected chi connectivity index (χ3v) is 9.02. The van der Waals surface area contributed by atoms with E-state index in [9.17, 15) is 13.2 Å². The van der Waals surface area contributed by atoms with E-state index in [1.165, 1.54) is 16.8 Å². The van der Waals surface area contributed by atoms with Crippen LogP contribution in [0.25, 0.3) is 0 Å². The van der Waals surface area contributed by atoms with Gasteiger partial charge in [-0.2, -0.15) is 4.72 Å². The fourth-order valence-corrected chi connectivity index (χ4v) is 6.36. The summed E-state index contributed by atoms with van der Waals surface area (Å²) in [6, 6.07) is 18.2. The molecule has 0 aliphatic carbocycles. The van der Waals surface area contributed by atoms with Gasteiger partial charge in [-0.3, -0.25) is 4.79 Å². The van der Waals surface area contributed by atoms with Crippen LogP contribution in [0, 0.1) is 13.8 Å². The Morgan fingerprint density at radius 2 is 1.70 bits per heavy atom. The summed E-state index contributed by atoms with van der Waals surface area (Å²) in [6.07, 6.45) is 0.307. The average molecular weight is 484 g/mol. The molecular weight excluding hydrogens is 454 g/mol. The molecule has 174 valence electrons. The highest BCUT2D eigenvalue weighted by atomic mass is 32.2. The highest BCUT2D eigenvalue weighted by molar-refractivity contribution is 7.91. The number of hydrogen-bond donors (Lipinski definition) is 1. The van der Waals surface area contributed by atoms with Crippen LogP contribution < -0.4 is 9.62 Å². The maximum atomic E-state index is 13.5. The van der Waals surface area contributed by atoms with Crippen LogP contribution in [-0.2, 0) is 21.2 Å². The number of benzene rings is 2. The molecule has 1 aliphatic rings. The second kappa shape index (κ2) is 10.1. The number of sulfonamides is 1. The van der Waals surface area contributed by atoms with Gasteiger partial charge in [0.05, 0.1) is 0 Å². The Labute approximate surface area is 199 Å². The summed E-state index contributed by atoms with van der Waals surface area (Å²) >= 11 is 1.14. The number of hydrogen-bond acceptors (Lipinski definition) is 5. The fourth-order valence-electron chi connectivity index (χ4n) is 4.16. The zero-order valence-electron chi connectivity index (χ0n) is 18.9. The quantitative estimate of drug-likeness (QED) is 0.558. The Hall–Kier alpha value is -2.68. The van der Waals surface area contributed by atoms with E-state index in [1.54, 1.807) is 22.4 Å². The number of anilines is 1. The molecule has 0 bridgehead atoms. The number of thiophene rings is 1. The summed E-state index contributed by atoms with van der Waals surface area (Å²) in [5, 5.41) is 1.72. The molecule has 33 heavy (non-hydrogen) atoms. The van der Waals surface area contributed by atoms with Crippen molar-refractivity contribution in [2.24, 2.45) is 0 Å². The molecule has 1 fully saturated rings. The van der Waals surface area contributed by atoms with E-state index in [0.29, 0.717) is 32.6 Å². The number of nitrogens with zero attached hydrogens (tertiary/aromatic N) is 2. The Morgan fingerprint density at radius 3 is 2.36 bits per heavy atom. The summed E-state index contributed by atoms with van der Waals surface area (Å²) in [5.74, 6) is -0.181. The van der Waals surface area contributed by atoms with E-state index in [0.717, 1.165) is 16.9 Å². The first-order chi connectivity index (χ1) is 15.8. The van der Waals surface area contributed by atoms with Crippen molar-refractivity contribution >= 4 is 33.0 Å². The molecule has 4 rings (SSSR count). The van der Waals surface area contributed by atoms with Crippen LogP contribution in [0.5, 0.6) is 0 Å². The SMILES string of the molecule is Cc1cccc(N2CCN(C(=O)[C@H](Cc3ccccc3)NS(=O)(=O)c3cccs3)CC2)c1C. The number of aryl methyl sites for hydroxylation is 1. The molecule has 0 spiro atoms. The van der Waals surface area contributed by atoms with E-state index in [2.05, 4.69) is 41.7 Å². The first kappa shape index (κ1) is 23.5. The van der Waals surface area contributed by atoms with Crippen molar-refractivity contribution in [3.8, 4) is 0 Å². The third-order valence-electron chi connectivity index (χ3n) is 6.15. The highest BCUT2D eigenvalue weighted by Gasteiger charge is 2.32. The molecule has 3 aromatic rings. The van der Waals surface area contributed by atoms with Gasteiger partial charge in [-0.1, -0.05) is 48.5 Å². The first-order valence-electron chi connectivity index (χ1n) is 11.0. The van der Waals surface area contributed by atoms with Crippen LogP contribution >= 0.6 is 11.3 Å². The maximum Gasteiger partial charge on any atom is 0.250 e. The predicted molar refractivity (Wildman–Crippen MR) is 133 cm³/mol. The second-order valence-electron chi connectivity index (χ2n) is 8.33. The normalized spacial score (nSPS) is 15.5. The molecule has 2 aromatic carbocycles. The minimum Gasteiger partial charge on any atom is -0.368 e. The zero-order chi connectivity index (χ0) is 23.4. The predicted octanol–water partition coefficient (Wildman–Crippen LogP) is 3.60. The van der Waals surface area contributed by atoms with Gasteiger partial charge in [-0.05, 0) is 54.5 Å². The topological polar surface area (TPSA) is 69.7 Å². The van der Waals surface area contributed by atoms with E-state index in [4.69, 9.17) is 0 Å². The number of carbonyl (C=O) groups is 1. The molecule has 0 radical (unpaired) electrons. The molecule has 1 atom stereocenters. The van der Waals surface area contributed by atoms with Crippen LogP contribution in [-0.4, -0.2) is 51.4 Å². The van der Waals surface area contributed by atoms with Gasteiger partial charge < -0.3 is 9.80 Å². The van der Waals surface area contributed by atoms with Crippen molar-refractivity contribution in [1.29, 1.82) is 0 Å². The van der Waals surface area contributed by atoms with Gasteiger partial charge in [0.2, 0.25) is 5.91 Å². The van der Waals surface area contributed by atoms with Crippen LogP contribution in [0.3, 0.4) is 0 Å². The van der Waals surface area contributed by atoms with Gasteiger partial charge in [-0.25, -0.2) is 8.42 Å². The molecular formula is C25H29N3O3S2. The first-order valence-corrected chi connectivity index (χ1v) is 13.4. The lowest BCUT2D eigenvalue weighted by Crippen LogP contribution is -2.55. The number of amides is 1. The fraction of sp³-hybridized carbons (Fsp3) is 0.320. The zero-order valence-corrected chi connectivity index (χ0v) is 20.5. The van der Waals surface area contributed by atoms with Crippen molar-refractivity contribution < 1.29 is 13.2 Å². The number of piperazine rings is 1. The van der Waals surface area contributed by atoms with Crippen LogP contribution in [0.15, 0.2) is 70.3 Å². The summed E-state index contributed by atoms with van der Waals surface area (Å²) in [7, 11) is -3.77. The molecule has 8 heteroatoms. The van der Waals surface area contributed by atoms with Gasteiger partial charge in [-0.15, -0.1) is 11.3 Å². The largest absolute Gasteiger partial charge is 0.368 e. The van der Waals surface area contributed by atoms with Crippen LogP contribution in [0.1, 0.15) is 16.7 Å². The monoisotopic (exact) mass is 483 g/mol. The number of nitrogens with one attached hydrogen (secondary N) is 1. The van der Waals surface area contributed by atoms with E-state index < -0.39 is 16.1 Å². The summed E-state index contributed by atoms with van der Waals surface area (Å²) in [6.45, 7) is 6.76. The Morgan fingerprint density at radius 1 is 0.970 bits per heavy atom. The molecule has 1 N–H and O–H groups in total. The third kappa shape index (κ3) is 5.46. The van der Waals surface area contributed by atoms with E-state index in [1.807, 2.05) is 30.3 Å². The number of carbonyl (C=O) groups excluding carboxylic acids is 1. The lowest BCUT2D eigenvalue weighted by Gasteiger charge is -2.38. The molecule has 1 amide bonds. The van der Waals surface area contributed by atoms with Crippen molar-refractivity contribution in [1.82, 2.24) is 9.62 Å². The molecule has 1 saturated heterocycles. The highest BCUT2D eigenvalue weighted by Crippen LogP contribution is 2.24. The number of rotatable bonds is 7. The second-order valence-corrected chi connectivity index (χ2v) is 11.2. The summed E-state index contributed by atoms with van der Waals surface area (Å²) < 4.78 is 28.7. The van der Waals surface area contributed by atoms with Crippen molar-refractivity contribution in [2.45, 2.75) is 30.5 Å². The smallest absolute Gasteiger partial charge is 0.250 e. The van der Waals surface area contributed by atoms with Gasteiger partial charge in [0.15, 0.2) is 0 Å². The Kier molecular flexibility index (Phi) is 7.17.